The fourth-order valence-corrected chi connectivity index (χ4v) is 2.69. The molecule has 4 N–H and O–H groups in total. The van der Waals surface area contributed by atoms with Gasteiger partial charge < -0.3 is 10.6 Å². The Morgan fingerprint density at radius 1 is 1.04 bits per heavy atom. The Labute approximate surface area is 145 Å². The Kier molecular flexibility index (Phi) is 7.92. The van der Waals surface area contributed by atoms with Crippen LogP contribution in [-0.2, 0) is 4.79 Å². The number of hydrogen-bond donors (Lipinski definition) is 3. The van der Waals surface area contributed by atoms with Crippen LogP contribution in [0.1, 0.15) is 64.1 Å². The van der Waals surface area contributed by atoms with E-state index >= 15 is 0 Å². The van der Waals surface area contributed by atoms with Gasteiger partial charge in [0, 0.05) is 18.5 Å². The first-order valence-corrected chi connectivity index (χ1v) is 8.77. The van der Waals surface area contributed by atoms with Crippen molar-refractivity contribution in [3.05, 3.63) is 35.4 Å². The molecule has 0 radical (unpaired) electrons. The molecule has 0 heterocycles. The molecule has 5 nitrogen and oxygen atoms in total. The molecule has 1 aromatic rings. The second-order valence-corrected chi connectivity index (χ2v) is 6.80. The third-order valence-corrected chi connectivity index (χ3v) is 4.59. The number of urea groups is 1. The van der Waals surface area contributed by atoms with E-state index in [9.17, 15) is 9.59 Å². The molecule has 0 bridgehead atoms. The van der Waals surface area contributed by atoms with E-state index in [0.717, 1.165) is 6.42 Å². The van der Waals surface area contributed by atoms with Crippen molar-refractivity contribution in [2.24, 2.45) is 5.92 Å². The van der Waals surface area contributed by atoms with E-state index in [4.69, 9.17) is 0 Å². The van der Waals surface area contributed by atoms with Gasteiger partial charge in [0.15, 0.2) is 6.04 Å². The van der Waals surface area contributed by atoms with Gasteiger partial charge in [0.25, 0.3) is 5.91 Å². The number of rotatable bonds is 7. The smallest absolute Gasteiger partial charge is 0.321 e. The van der Waals surface area contributed by atoms with Gasteiger partial charge in [0.2, 0.25) is 0 Å². The van der Waals surface area contributed by atoms with Gasteiger partial charge in [-0.1, -0.05) is 52.0 Å². The summed E-state index contributed by atoms with van der Waals surface area (Å²) in [5.74, 6) is 0.642. The quantitative estimate of drug-likeness (QED) is 0.716. The molecule has 134 valence electrons. The molecule has 3 atom stereocenters. The van der Waals surface area contributed by atoms with Crippen LogP contribution in [0.25, 0.3) is 0 Å². The van der Waals surface area contributed by atoms with Gasteiger partial charge >= 0.3 is 6.03 Å². The molecule has 0 aromatic heterocycles. The highest BCUT2D eigenvalue weighted by molar-refractivity contribution is 5.95. The van der Waals surface area contributed by atoms with Crippen molar-refractivity contribution in [2.75, 3.05) is 7.05 Å². The highest BCUT2D eigenvalue weighted by Crippen LogP contribution is 2.23. The number of nitrogens with one attached hydrogen (secondary N) is 2. The lowest BCUT2D eigenvalue weighted by molar-refractivity contribution is -0.719. The Balaban J connectivity index is 2.83. The average molecular weight is 334 g/mol. The molecule has 0 fully saturated rings. The number of hydrogen-bond acceptors (Lipinski definition) is 2. The number of carbonyl (C=O) groups is 2. The summed E-state index contributed by atoms with van der Waals surface area (Å²) in [5, 5.41) is 6.76. The van der Waals surface area contributed by atoms with Crippen LogP contribution >= 0.6 is 0 Å². The zero-order valence-electron chi connectivity index (χ0n) is 15.7. The number of imide groups is 1. The maximum atomic E-state index is 12.1. The molecular formula is C19H32N3O2+. The molecule has 5 heteroatoms. The van der Waals surface area contributed by atoms with E-state index in [1.165, 1.54) is 18.2 Å². The molecule has 0 aliphatic rings. The van der Waals surface area contributed by atoms with Gasteiger partial charge in [0.1, 0.15) is 6.04 Å². The van der Waals surface area contributed by atoms with Crippen LogP contribution in [0, 0.1) is 5.92 Å². The summed E-state index contributed by atoms with van der Waals surface area (Å²) >= 11 is 0. The first-order chi connectivity index (χ1) is 11.3. The minimum atomic E-state index is -0.473. The van der Waals surface area contributed by atoms with Gasteiger partial charge in [-0.25, -0.2) is 4.79 Å². The summed E-state index contributed by atoms with van der Waals surface area (Å²) in [5.41, 5.74) is 2.55. The highest BCUT2D eigenvalue weighted by atomic mass is 16.2. The Hall–Kier alpha value is -1.88. The molecule has 0 aliphatic carbocycles. The third kappa shape index (κ3) is 5.64. The maximum absolute atomic E-state index is 12.1. The number of amides is 3. The third-order valence-electron chi connectivity index (χ3n) is 4.59. The predicted octanol–water partition coefficient (Wildman–Crippen LogP) is 2.30. The number of carbonyl (C=O) groups excluding carboxylic acids is 2. The van der Waals surface area contributed by atoms with Crippen molar-refractivity contribution in [1.82, 2.24) is 10.6 Å². The fourth-order valence-electron chi connectivity index (χ4n) is 2.69. The minimum absolute atomic E-state index is 0.168. The summed E-state index contributed by atoms with van der Waals surface area (Å²) in [6.45, 7) is 10.5. The van der Waals surface area contributed by atoms with Crippen LogP contribution in [0.15, 0.2) is 24.3 Å². The molecular weight excluding hydrogens is 302 g/mol. The second-order valence-electron chi connectivity index (χ2n) is 6.80. The largest absolute Gasteiger partial charge is 0.341 e. The SMILES string of the molecule is CC[C@H](C)c1ccc([C@@H]([NH2+][C@@H](C)C(=O)NC(=O)NC)C(C)C)cc1. The van der Waals surface area contributed by atoms with Crippen molar-refractivity contribution >= 4 is 11.9 Å². The predicted molar refractivity (Wildman–Crippen MR) is 96.7 cm³/mol. The Bertz CT molecular complexity index is 540. The molecule has 1 rings (SSSR count). The van der Waals surface area contributed by atoms with Crippen LogP contribution in [-0.4, -0.2) is 25.0 Å². The first-order valence-electron chi connectivity index (χ1n) is 8.77. The summed E-state index contributed by atoms with van der Waals surface area (Å²) < 4.78 is 0. The lowest BCUT2D eigenvalue weighted by atomic mass is 9.91. The monoisotopic (exact) mass is 334 g/mol. The van der Waals surface area contributed by atoms with Crippen LogP contribution in [0.5, 0.6) is 0 Å². The molecule has 3 amide bonds. The van der Waals surface area contributed by atoms with Crippen LogP contribution in [0.4, 0.5) is 4.79 Å². The van der Waals surface area contributed by atoms with Crippen molar-refractivity contribution in [3.63, 3.8) is 0 Å². The molecule has 0 spiro atoms. The normalized spacial score (nSPS) is 14.8. The molecule has 24 heavy (non-hydrogen) atoms. The van der Waals surface area contributed by atoms with Gasteiger partial charge in [0.05, 0.1) is 0 Å². The number of quaternary nitrogens is 1. The van der Waals surface area contributed by atoms with Crippen LogP contribution in [0.2, 0.25) is 0 Å². The first kappa shape index (κ1) is 20.2. The van der Waals surface area contributed by atoms with E-state index < -0.39 is 6.03 Å². The highest BCUT2D eigenvalue weighted by Gasteiger charge is 2.26. The number of benzene rings is 1. The second kappa shape index (κ2) is 9.42. The molecule has 1 aromatic carbocycles. The topological polar surface area (TPSA) is 74.8 Å². The van der Waals surface area contributed by atoms with Gasteiger partial charge in [-0.15, -0.1) is 0 Å². The van der Waals surface area contributed by atoms with E-state index in [1.54, 1.807) is 0 Å². The van der Waals surface area contributed by atoms with Crippen molar-refractivity contribution < 1.29 is 14.9 Å². The zero-order valence-corrected chi connectivity index (χ0v) is 15.7. The lowest BCUT2D eigenvalue weighted by Crippen LogP contribution is -2.93. The maximum Gasteiger partial charge on any atom is 0.321 e. The average Bonchev–Trinajstić information content (AvgIpc) is 2.58. The standard InChI is InChI=1S/C19H31N3O2/c1-7-13(4)15-8-10-16(11-9-15)17(12(2)3)21-14(5)18(23)22-19(24)20-6/h8-14,17,21H,7H2,1-6H3,(H2,20,22,23,24)/p+1/t13-,14-,17-/m0/s1. The summed E-state index contributed by atoms with van der Waals surface area (Å²) in [7, 11) is 1.49. The van der Waals surface area contributed by atoms with E-state index in [-0.39, 0.29) is 18.0 Å². The van der Waals surface area contributed by atoms with Gasteiger partial charge in [-0.2, -0.15) is 0 Å². The number of nitrogens with two attached hydrogens (primary N) is 1. The van der Waals surface area contributed by atoms with Crippen LogP contribution < -0.4 is 16.0 Å². The van der Waals surface area contributed by atoms with E-state index in [2.05, 4.69) is 62.6 Å². The van der Waals surface area contributed by atoms with Crippen molar-refractivity contribution in [3.8, 4) is 0 Å². The Morgan fingerprint density at radius 3 is 2.04 bits per heavy atom. The summed E-state index contributed by atoms with van der Waals surface area (Å²) in [6.07, 6.45) is 1.12. The van der Waals surface area contributed by atoms with E-state index in [0.29, 0.717) is 11.8 Å². The van der Waals surface area contributed by atoms with Crippen molar-refractivity contribution in [1.29, 1.82) is 0 Å². The lowest BCUT2D eigenvalue weighted by Gasteiger charge is -2.23. The molecule has 0 saturated carbocycles. The Morgan fingerprint density at radius 2 is 1.58 bits per heavy atom. The minimum Gasteiger partial charge on any atom is -0.341 e. The molecule has 0 unspecified atom stereocenters. The van der Waals surface area contributed by atoms with Crippen molar-refractivity contribution in [2.45, 2.75) is 59.0 Å². The van der Waals surface area contributed by atoms with Gasteiger partial charge in [-0.3, -0.25) is 10.1 Å². The summed E-state index contributed by atoms with van der Waals surface area (Å²) in [6, 6.07) is 8.03. The van der Waals surface area contributed by atoms with E-state index in [1.807, 2.05) is 12.2 Å². The molecule has 0 aliphatic heterocycles. The zero-order chi connectivity index (χ0) is 18.3. The fraction of sp³-hybridized carbons (Fsp3) is 0.579. The van der Waals surface area contributed by atoms with Gasteiger partial charge in [-0.05, 0) is 24.8 Å². The van der Waals surface area contributed by atoms with Crippen LogP contribution in [0.3, 0.4) is 0 Å². The summed E-state index contributed by atoms with van der Waals surface area (Å²) in [4.78, 5) is 23.4. The molecule has 0 saturated heterocycles.